The lowest BCUT2D eigenvalue weighted by molar-refractivity contribution is -0.124. The third kappa shape index (κ3) is 3.37. The molecule has 0 unspecified atom stereocenters. The Morgan fingerprint density at radius 2 is 2.10 bits per heavy atom. The Kier molecular flexibility index (Phi) is 4.41. The fourth-order valence-corrected chi connectivity index (χ4v) is 2.71. The molecule has 1 amide bonds. The van der Waals surface area contributed by atoms with Crippen LogP contribution in [0.3, 0.4) is 0 Å². The molecule has 0 atom stereocenters. The zero-order valence-electron chi connectivity index (χ0n) is 11.8. The molecule has 1 aromatic carbocycles. The third-order valence-electron chi connectivity index (χ3n) is 4.00. The van der Waals surface area contributed by atoms with Gasteiger partial charge < -0.3 is 10.0 Å². The number of nitriles is 1. The number of hydrogen-bond donors (Lipinski definition) is 1. The van der Waals surface area contributed by atoms with Crippen LogP contribution in [0, 0.1) is 11.3 Å². The molecule has 2 rings (SSSR count). The van der Waals surface area contributed by atoms with Gasteiger partial charge in [0.2, 0.25) is 5.91 Å². The number of amides is 1. The van der Waals surface area contributed by atoms with Crippen molar-refractivity contribution in [2.75, 3.05) is 11.9 Å². The summed E-state index contributed by atoms with van der Waals surface area (Å²) in [6.07, 6.45) is 4.65. The molecule has 1 fully saturated rings. The van der Waals surface area contributed by atoms with Crippen LogP contribution in [0.1, 0.15) is 44.1 Å². The SMILES string of the molecule is CN(C(=O)CC1(O)CCCCC1)c1cccc(C#N)c1. The molecule has 1 aliphatic carbocycles. The molecule has 0 radical (unpaired) electrons. The highest BCUT2D eigenvalue weighted by molar-refractivity contribution is 5.93. The Labute approximate surface area is 119 Å². The number of carbonyl (C=O) groups is 1. The summed E-state index contributed by atoms with van der Waals surface area (Å²) in [6, 6.07) is 9.00. The third-order valence-corrected chi connectivity index (χ3v) is 4.00. The molecule has 0 aromatic heterocycles. The molecule has 1 aliphatic rings. The standard InChI is InChI=1S/C16H20N2O2/c1-18(14-7-5-6-13(10-14)12-17)15(19)11-16(20)8-3-2-4-9-16/h5-7,10,20H,2-4,8-9,11H2,1H3. The molecule has 4 nitrogen and oxygen atoms in total. The van der Waals surface area contributed by atoms with Gasteiger partial charge in [0.15, 0.2) is 0 Å². The van der Waals surface area contributed by atoms with Gasteiger partial charge in [0.25, 0.3) is 0 Å². The van der Waals surface area contributed by atoms with Crippen LogP contribution in [0.25, 0.3) is 0 Å². The van der Waals surface area contributed by atoms with Crippen molar-refractivity contribution < 1.29 is 9.90 Å². The molecule has 0 heterocycles. The van der Waals surface area contributed by atoms with Crippen molar-refractivity contribution in [3.05, 3.63) is 29.8 Å². The first kappa shape index (κ1) is 14.5. The summed E-state index contributed by atoms with van der Waals surface area (Å²) in [4.78, 5) is 13.8. The van der Waals surface area contributed by atoms with Crippen molar-refractivity contribution in [2.45, 2.75) is 44.1 Å². The van der Waals surface area contributed by atoms with Gasteiger partial charge in [0.05, 0.1) is 23.7 Å². The van der Waals surface area contributed by atoms with Crippen LogP contribution in [0.5, 0.6) is 0 Å². The molecule has 4 heteroatoms. The fourth-order valence-electron chi connectivity index (χ4n) is 2.71. The van der Waals surface area contributed by atoms with Gasteiger partial charge in [-0.2, -0.15) is 5.26 Å². The average molecular weight is 272 g/mol. The molecule has 1 saturated carbocycles. The van der Waals surface area contributed by atoms with Crippen LogP contribution < -0.4 is 4.90 Å². The smallest absolute Gasteiger partial charge is 0.229 e. The number of rotatable bonds is 3. The predicted octanol–water partition coefficient (Wildman–Crippen LogP) is 2.61. The first-order chi connectivity index (χ1) is 9.54. The van der Waals surface area contributed by atoms with Crippen LogP contribution in [0.15, 0.2) is 24.3 Å². The quantitative estimate of drug-likeness (QED) is 0.919. The highest BCUT2D eigenvalue weighted by Gasteiger charge is 2.32. The van der Waals surface area contributed by atoms with E-state index >= 15 is 0 Å². The molecule has 20 heavy (non-hydrogen) atoms. The Morgan fingerprint density at radius 1 is 1.40 bits per heavy atom. The largest absolute Gasteiger partial charge is 0.389 e. The van der Waals surface area contributed by atoms with E-state index in [-0.39, 0.29) is 12.3 Å². The van der Waals surface area contributed by atoms with Crippen LogP contribution in [0.4, 0.5) is 5.69 Å². The lowest BCUT2D eigenvalue weighted by atomic mass is 9.82. The Hall–Kier alpha value is -1.86. The summed E-state index contributed by atoms with van der Waals surface area (Å²) < 4.78 is 0. The number of hydrogen-bond acceptors (Lipinski definition) is 3. The van der Waals surface area contributed by atoms with E-state index in [9.17, 15) is 9.90 Å². The normalized spacial score (nSPS) is 17.2. The Balaban J connectivity index is 2.06. The molecular formula is C16H20N2O2. The van der Waals surface area contributed by atoms with E-state index < -0.39 is 5.60 Å². The number of anilines is 1. The first-order valence-electron chi connectivity index (χ1n) is 7.03. The minimum Gasteiger partial charge on any atom is -0.389 e. The summed E-state index contributed by atoms with van der Waals surface area (Å²) >= 11 is 0. The van der Waals surface area contributed by atoms with Crippen molar-refractivity contribution in [3.8, 4) is 6.07 Å². The molecule has 0 aliphatic heterocycles. The topological polar surface area (TPSA) is 64.3 Å². The predicted molar refractivity (Wildman–Crippen MR) is 77.2 cm³/mol. The van der Waals surface area contributed by atoms with Crippen LogP contribution in [0.2, 0.25) is 0 Å². The zero-order valence-corrected chi connectivity index (χ0v) is 11.8. The van der Waals surface area contributed by atoms with Crippen LogP contribution in [-0.2, 0) is 4.79 Å². The maximum atomic E-state index is 12.3. The molecule has 1 aromatic rings. The van der Waals surface area contributed by atoms with Crippen molar-refractivity contribution in [1.82, 2.24) is 0 Å². The van der Waals surface area contributed by atoms with Gasteiger partial charge in [-0.05, 0) is 31.0 Å². The van der Waals surface area contributed by atoms with Gasteiger partial charge in [-0.15, -0.1) is 0 Å². The Bertz CT molecular complexity index is 528. The van der Waals surface area contributed by atoms with Crippen LogP contribution in [-0.4, -0.2) is 23.7 Å². The number of carbonyl (C=O) groups excluding carboxylic acids is 1. The lowest BCUT2D eigenvalue weighted by Crippen LogP contribution is -2.39. The summed E-state index contributed by atoms with van der Waals surface area (Å²) in [5.41, 5.74) is 0.364. The average Bonchev–Trinajstić information content (AvgIpc) is 2.46. The monoisotopic (exact) mass is 272 g/mol. The molecule has 0 saturated heterocycles. The van der Waals surface area contributed by atoms with Gasteiger partial charge in [-0.25, -0.2) is 0 Å². The van der Waals surface area contributed by atoms with E-state index in [2.05, 4.69) is 6.07 Å². The minimum absolute atomic E-state index is 0.107. The molecule has 106 valence electrons. The van der Waals surface area contributed by atoms with Crippen LogP contribution >= 0.6 is 0 Å². The van der Waals surface area contributed by atoms with Crippen molar-refractivity contribution >= 4 is 11.6 Å². The van der Waals surface area contributed by atoms with E-state index in [1.165, 1.54) is 4.90 Å². The molecular weight excluding hydrogens is 252 g/mol. The van der Waals surface area contributed by atoms with Crippen molar-refractivity contribution in [3.63, 3.8) is 0 Å². The second-order valence-electron chi connectivity index (χ2n) is 5.58. The summed E-state index contributed by atoms with van der Waals surface area (Å²) in [7, 11) is 1.69. The maximum absolute atomic E-state index is 12.3. The van der Waals surface area contributed by atoms with E-state index in [1.54, 1.807) is 31.3 Å². The van der Waals surface area contributed by atoms with Gasteiger partial charge >= 0.3 is 0 Å². The van der Waals surface area contributed by atoms with E-state index in [0.717, 1.165) is 19.3 Å². The molecule has 1 N–H and O–H groups in total. The number of nitrogens with zero attached hydrogens (tertiary/aromatic N) is 2. The second kappa shape index (κ2) is 6.06. The first-order valence-corrected chi connectivity index (χ1v) is 7.03. The van der Waals surface area contributed by atoms with E-state index in [0.29, 0.717) is 24.1 Å². The fraction of sp³-hybridized carbons (Fsp3) is 0.500. The van der Waals surface area contributed by atoms with Gasteiger partial charge in [0, 0.05) is 12.7 Å². The highest BCUT2D eigenvalue weighted by Crippen LogP contribution is 2.31. The number of aliphatic hydroxyl groups is 1. The Morgan fingerprint density at radius 3 is 2.75 bits per heavy atom. The van der Waals surface area contributed by atoms with Gasteiger partial charge in [0.1, 0.15) is 0 Å². The zero-order chi connectivity index (χ0) is 14.6. The van der Waals surface area contributed by atoms with E-state index in [4.69, 9.17) is 5.26 Å². The highest BCUT2D eigenvalue weighted by atomic mass is 16.3. The molecule has 0 spiro atoms. The molecule has 0 bridgehead atoms. The minimum atomic E-state index is -0.851. The van der Waals surface area contributed by atoms with Gasteiger partial charge in [-0.1, -0.05) is 25.3 Å². The summed E-state index contributed by atoms with van der Waals surface area (Å²) in [6.45, 7) is 0. The van der Waals surface area contributed by atoms with Gasteiger partial charge in [-0.3, -0.25) is 4.79 Å². The van der Waals surface area contributed by atoms with E-state index in [1.807, 2.05) is 0 Å². The lowest BCUT2D eigenvalue weighted by Gasteiger charge is -2.32. The summed E-state index contributed by atoms with van der Waals surface area (Å²) in [5, 5.41) is 19.3. The maximum Gasteiger partial charge on any atom is 0.229 e. The summed E-state index contributed by atoms with van der Waals surface area (Å²) in [5.74, 6) is -0.107. The van der Waals surface area contributed by atoms with Crippen molar-refractivity contribution in [1.29, 1.82) is 5.26 Å². The van der Waals surface area contributed by atoms with Crippen molar-refractivity contribution in [2.24, 2.45) is 0 Å². The second-order valence-corrected chi connectivity index (χ2v) is 5.58. The number of benzene rings is 1.